The van der Waals surface area contributed by atoms with E-state index in [9.17, 15) is 9.59 Å². The second kappa shape index (κ2) is 13.7. The summed E-state index contributed by atoms with van der Waals surface area (Å²) in [6.07, 6.45) is 2.02. The highest BCUT2D eigenvalue weighted by Crippen LogP contribution is 2.26. The maximum absolute atomic E-state index is 11.9. The molecule has 0 aliphatic rings. The number of aliphatic carboxylic acids is 1. The molecule has 2 aromatic heterocycles. The van der Waals surface area contributed by atoms with Crippen molar-refractivity contribution in [2.75, 3.05) is 6.61 Å². The van der Waals surface area contributed by atoms with Gasteiger partial charge in [-0.05, 0) is 62.6 Å². The van der Waals surface area contributed by atoms with Crippen molar-refractivity contribution in [2.24, 2.45) is 0 Å². The number of aryl methyl sites for hydroxylation is 2. The van der Waals surface area contributed by atoms with E-state index >= 15 is 0 Å². The fraction of sp³-hybridized carbons (Fsp3) is 0.360. The number of benzene rings is 1. The maximum Gasteiger partial charge on any atom is 0.407 e. The van der Waals surface area contributed by atoms with Crippen LogP contribution in [0, 0.1) is 6.92 Å². The Morgan fingerprint density at radius 3 is 2.63 bits per heavy atom. The van der Waals surface area contributed by atoms with E-state index in [4.69, 9.17) is 19.6 Å². The molecule has 2 N–H and O–H groups in total. The van der Waals surface area contributed by atoms with Crippen LogP contribution in [0.25, 0.3) is 10.7 Å². The summed E-state index contributed by atoms with van der Waals surface area (Å²) in [6.45, 7) is 6.24. The smallest absolute Gasteiger partial charge is 0.407 e. The van der Waals surface area contributed by atoms with Crippen LogP contribution in [0.15, 0.2) is 42.6 Å². The number of pyridine rings is 1. The van der Waals surface area contributed by atoms with Gasteiger partial charge in [-0.2, -0.15) is 0 Å². The average Bonchev–Trinajstić information content (AvgIpc) is 3.17. The number of aromatic nitrogens is 2. The van der Waals surface area contributed by atoms with Gasteiger partial charge in [-0.25, -0.2) is 9.78 Å². The predicted molar refractivity (Wildman–Crippen MR) is 137 cm³/mol. The number of nitrogens with zero attached hydrogens (tertiary/aromatic N) is 2. The first-order valence-corrected chi connectivity index (χ1v) is 11.9. The molecule has 2 heterocycles. The molecule has 0 saturated carbocycles. The topological polar surface area (TPSA) is 111 Å². The van der Waals surface area contributed by atoms with E-state index in [0.29, 0.717) is 25.2 Å². The van der Waals surface area contributed by atoms with Gasteiger partial charge in [-0.3, -0.25) is 9.78 Å². The SMILES string of the molecule is Cc1sc(-c2ccccn2)nc1CCOc1ccc(CCC(=O)O)c(CNC(=O)OC(C)C)c1.Cl. The molecule has 0 aliphatic carbocycles. The van der Waals surface area contributed by atoms with Crippen molar-refractivity contribution in [3.63, 3.8) is 0 Å². The number of hydrogen-bond acceptors (Lipinski definition) is 7. The molecule has 0 atom stereocenters. The Morgan fingerprint density at radius 2 is 1.94 bits per heavy atom. The first-order valence-electron chi connectivity index (χ1n) is 11.1. The molecule has 35 heavy (non-hydrogen) atoms. The highest BCUT2D eigenvalue weighted by Gasteiger charge is 2.12. The van der Waals surface area contributed by atoms with E-state index in [1.165, 1.54) is 0 Å². The number of carbonyl (C=O) groups excluding carboxylic acids is 1. The normalized spacial score (nSPS) is 10.5. The van der Waals surface area contributed by atoms with Crippen LogP contribution in [0.1, 0.15) is 42.0 Å². The summed E-state index contributed by atoms with van der Waals surface area (Å²) in [4.78, 5) is 33.1. The van der Waals surface area contributed by atoms with Gasteiger partial charge in [0.15, 0.2) is 0 Å². The average molecular weight is 520 g/mol. The minimum absolute atomic E-state index is 0. The van der Waals surface area contributed by atoms with Gasteiger partial charge in [0.2, 0.25) is 0 Å². The Bertz CT molecular complexity index is 1120. The highest BCUT2D eigenvalue weighted by molar-refractivity contribution is 7.15. The molecular weight excluding hydrogens is 490 g/mol. The van der Waals surface area contributed by atoms with Gasteiger partial charge < -0.3 is 19.9 Å². The van der Waals surface area contributed by atoms with Gasteiger partial charge in [-0.15, -0.1) is 23.7 Å². The maximum atomic E-state index is 11.9. The van der Waals surface area contributed by atoms with Crippen LogP contribution in [-0.4, -0.2) is 39.8 Å². The number of rotatable bonds is 11. The first-order chi connectivity index (χ1) is 16.3. The number of nitrogens with one attached hydrogen (secondary N) is 1. The number of carboxylic acid groups (broad SMARTS) is 1. The Hall–Kier alpha value is -3.17. The largest absolute Gasteiger partial charge is 0.493 e. The lowest BCUT2D eigenvalue weighted by Gasteiger charge is -2.14. The molecule has 1 aromatic carbocycles. The third kappa shape index (κ3) is 8.84. The number of ether oxygens (including phenoxy) is 2. The van der Waals surface area contributed by atoms with Crippen molar-refractivity contribution in [3.05, 3.63) is 64.3 Å². The second-order valence-electron chi connectivity index (χ2n) is 7.97. The highest BCUT2D eigenvalue weighted by atomic mass is 35.5. The predicted octanol–water partition coefficient (Wildman–Crippen LogP) is 5.21. The third-order valence-corrected chi connectivity index (χ3v) is 5.97. The third-order valence-electron chi connectivity index (χ3n) is 4.94. The number of halogens is 1. The fourth-order valence-corrected chi connectivity index (χ4v) is 4.23. The number of alkyl carbamates (subject to hydrolysis) is 1. The quantitative estimate of drug-likeness (QED) is 0.358. The lowest BCUT2D eigenvalue weighted by Crippen LogP contribution is -2.26. The molecule has 0 spiro atoms. The fourth-order valence-electron chi connectivity index (χ4n) is 3.29. The standard InChI is InChI=1S/C25H29N3O5S.ClH/c1-16(2)33-25(31)27-15-19-14-20(9-7-18(19)8-10-23(29)30)32-13-11-21-17(3)34-24(28-21)22-6-4-5-12-26-22;/h4-7,9,12,14,16H,8,10-11,13,15H2,1-3H3,(H,27,31)(H,29,30);1H. The molecule has 3 rings (SSSR count). The molecule has 10 heteroatoms. The summed E-state index contributed by atoms with van der Waals surface area (Å²) in [6, 6.07) is 11.3. The van der Waals surface area contributed by atoms with E-state index in [-0.39, 0.29) is 31.5 Å². The van der Waals surface area contributed by atoms with Crippen LogP contribution in [0.2, 0.25) is 0 Å². The van der Waals surface area contributed by atoms with Gasteiger partial charge in [0.1, 0.15) is 10.8 Å². The zero-order valence-electron chi connectivity index (χ0n) is 19.9. The first kappa shape index (κ1) is 28.1. The van der Waals surface area contributed by atoms with Gasteiger partial charge >= 0.3 is 12.1 Å². The van der Waals surface area contributed by atoms with Crippen LogP contribution < -0.4 is 10.1 Å². The van der Waals surface area contributed by atoms with Gasteiger partial charge in [-0.1, -0.05) is 12.1 Å². The van der Waals surface area contributed by atoms with Crippen LogP contribution in [-0.2, 0) is 28.9 Å². The Morgan fingerprint density at radius 1 is 1.14 bits per heavy atom. The molecule has 188 valence electrons. The lowest BCUT2D eigenvalue weighted by atomic mass is 10.0. The molecule has 8 nitrogen and oxygen atoms in total. The number of carbonyl (C=O) groups is 2. The minimum atomic E-state index is -0.873. The van der Waals surface area contributed by atoms with Crippen molar-refractivity contribution in [2.45, 2.75) is 52.7 Å². The Labute approximate surface area is 215 Å². The van der Waals surface area contributed by atoms with E-state index in [1.54, 1.807) is 31.4 Å². The zero-order valence-corrected chi connectivity index (χ0v) is 21.6. The number of hydrogen-bond donors (Lipinski definition) is 2. The van der Waals surface area contributed by atoms with Crippen molar-refractivity contribution in [1.82, 2.24) is 15.3 Å². The van der Waals surface area contributed by atoms with E-state index in [2.05, 4.69) is 10.3 Å². The monoisotopic (exact) mass is 519 g/mol. The zero-order chi connectivity index (χ0) is 24.5. The molecular formula is C25H30ClN3O5S. The van der Waals surface area contributed by atoms with Crippen molar-refractivity contribution in [3.8, 4) is 16.5 Å². The van der Waals surface area contributed by atoms with Gasteiger partial charge in [0.05, 0.1) is 24.1 Å². The summed E-state index contributed by atoms with van der Waals surface area (Å²) < 4.78 is 11.1. The molecule has 0 unspecified atom stereocenters. The molecule has 0 saturated heterocycles. The Kier molecular flexibility index (Phi) is 10.9. The van der Waals surface area contributed by atoms with Gasteiger partial charge in [0, 0.05) is 30.5 Å². The summed E-state index contributed by atoms with van der Waals surface area (Å²) in [5, 5.41) is 12.6. The van der Waals surface area contributed by atoms with Crippen LogP contribution in [0.3, 0.4) is 0 Å². The second-order valence-corrected chi connectivity index (χ2v) is 9.17. The van der Waals surface area contributed by atoms with Gasteiger partial charge in [0.25, 0.3) is 0 Å². The van der Waals surface area contributed by atoms with Crippen LogP contribution in [0.5, 0.6) is 5.75 Å². The minimum Gasteiger partial charge on any atom is -0.493 e. The summed E-state index contributed by atoms with van der Waals surface area (Å²) in [7, 11) is 0. The molecule has 0 aliphatic heterocycles. The van der Waals surface area contributed by atoms with E-state index in [1.807, 2.05) is 43.3 Å². The molecule has 0 radical (unpaired) electrons. The number of carboxylic acids is 1. The molecule has 0 bridgehead atoms. The summed E-state index contributed by atoms with van der Waals surface area (Å²) in [5.74, 6) is -0.229. The molecule has 0 fully saturated rings. The lowest BCUT2D eigenvalue weighted by molar-refractivity contribution is -0.136. The molecule has 3 aromatic rings. The number of thiazole rings is 1. The van der Waals surface area contributed by atoms with E-state index < -0.39 is 12.1 Å². The van der Waals surface area contributed by atoms with Crippen LogP contribution in [0.4, 0.5) is 4.79 Å². The van der Waals surface area contributed by atoms with Crippen molar-refractivity contribution in [1.29, 1.82) is 0 Å². The Balaban J connectivity index is 0.00000432. The number of amides is 1. The summed E-state index contributed by atoms with van der Waals surface area (Å²) >= 11 is 1.61. The van der Waals surface area contributed by atoms with E-state index in [0.717, 1.165) is 32.4 Å². The summed E-state index contributed by atoms with van der Waals surface area (Å²) in [5.41, 5.74) is 3.46. The van der Waals surface area contributed by atoms with Crippen LogP contribution >= 0.6 is 23.7 Å². The van der Waals surface area contributed by atoms with Crippen molar-refractivity contribution >= 4 is 35.8 Å². The molecule has 1 amide bonds. The van der Waals surface area contributed by atoms with Crippen molar-refractivity contribution < 1.29 is 24.2 Å².